The monoisotopic (exact) mass is 483 g/mol. The summed E-state index contributed by atoms with van der Waals surface area (Å²) in [4.78, 5) is 24.8. The van der Waals surface area contributed by atoms with E-state index >= 15 is 0 Å². The van der Waals surface area contributed by atoms with Gasteiger partial charge >= 0.3 is 0 Å². The fourth-order valence-corrected chi connectivity index (χ4v) is 3.31. The smallest absolute Gasteiger partial charge is 0.276 e. The van der Waals surface area contributed by atoms with E-state index in [-0.39, 0.29) is 17.5 Å². The van der Waals surface area contributed by atoms with E-state index < -0.39 is 5.91 Å². The number of carbonyl (C=O) groups is 2. The molecule has 0 aromatic heterocycles. The number of thiocarbonyl (C=S) groups is 1. The molecule has 0 aliphatic heterocycles. The van der Waals surface area contributed by atoms with Crippen LogP contribution in [-0.4, -0.2) is 30.5 Å². The number of hydrazine groups is 1. The van der Waals surface area contributed by atoms with Gasteiger partial charge in [0, 0.05) is 16.1 Å². The van der Waals surface area contributed by atoms with Gasteiger partial charge in [0.05, 0.1) is 12.8 Å². The molecular weight excluding hydrogens is 462 g/mol. The summed E-state index contributed by atoms with van der Waals surface area (Å²) in [5.74, 6) is 0.523. The van der Waals surface area contributed by atoms with E-state index in [1.807, 2.05) is 12.1 Å². The van der Waals surface area contributed by atoms with Gasteiger partial charge < -0.3 is 14.8 Å². The first-order valence-corrected chi connectivity index (χ1v) is 10.7. The van der Waals surface area contributed by atoms with Crippen LogP contribution >= 0.6 is 23.8 Å². The van der Waals surface area contributed by atoms with Crippen molar-refractivity contribution < 1.29 is 19.1 Å². The number of amides is 1. The average molecular weight is 484 g/mol. The molecule has 0 atom stereocenters. The molecule has 0 aliphatic rings. The van der Waals surface area contributed by atoms with E-state index in [1.54, 1.807) is 68.6 Å². The van der Waals surface area contributed by atoms with E-state index in [2.05, 4.69) is 16.2 Å². The highest BCUT2D eigenvalue weighted by Crippen LogP contribution is 2.23. The minimum Gasteiger partial charge on any atom is -0.495 e. The molecule has 0 bridgehead atoms. The van der Waals surface area contributed by atoms with Crippen LogP contribution in [0.1, 0.15) is 21.5 Å². The first-order chi connectivity index (χ1) is 15.9. The van der Waals surface area contributed by atoms with Crippen molar-refractivity contribution in [2.45, 2.75) is 6.92 Å². The summed E-state index contributed by atoms with van der Waals surface area (Å²) >= 11 is 11.1. The first-order valence-electron chi connectivity index (χ1n) is 9.90. The van der Waals surface area contributed by atoms with Gasteiger partial charge in [-0.2, -0.15) is 0 Å². The van der Waals surface area contributed by atoms with E-state index in [9.17, 15) is 9.59 Å². The average Bonchev–Trinajstić information content (AvgIpc) is 2.81. The number of nitrogens with one attached hydrogen (secondary N) is 3. The molecule has 0 radical (unpaired) electrons. The van der Waals surface area contributed by atoms with Crippen LogP contribution in [0.25, 0.3) is 0 Å². The van der Waals surface area contributed by atoms with Gasteiger partial charge in [0.1, 0.15) is 11.5 Å². The Hall–Kier alpha value is -3.62. The van der Waals surface area contributed by atoms with Crippen LogP contribution < -0.4 is 25.6 Å². The normalized spacial score (nSPS) is 10.2. The first kappa shape index (κ1) is 24.0. The minimum atomic E-state index is -0.433. The molecule has 3 rings (SSSR count). The maximum absolute atomic E-state index is 12.7. The molecule has 3 N–H and O–H groups in total. The van der Waals surface area contributed by atoms with Gasteiger partial charge in [0.15, 0.2) is 17.5 Å². The number of halogens is 1. The number of ketones is 1. The third-order valence-corrected chi connectivity index (χ3v) is 4.99. The van der Waals surface area contributed by atoms with Crippen molar-refractivity contribution in [3.63, 3.8) is 0 Å². The van der Waals surface area contributed by atoms with Crippen molar-refractivity contribution in [2.75, 3.05) is 19.0 Å². The highest BCUT2D eigenvalue weighted by Gasteiger charge is 2.12. The van der Waals surface area contributed by atoms with Gasteiger partial charge in [-0.1, -0.05) is 35.9 Å². The fourth-order valence-electron chi connectivity index (χ4n) is 2.96. The van der Waals surface area contributed by atoms with Crippen LogP contribution in [-0.2, 0) is 4.79 Å². The zero-order valence-corrected chi connectivity index (χ0v) is 19.5. The van der Waals surface area contributed by atoms with Crippen molar-refractivity contribution in [1.82, 2.24) is 10.9 Å². The lowest BCUT2D eigenvalue weighted by molar-refractivity contribution is -0.123. The third kappa shape index (κ3) is 6.68. The molecule has 0 fully saturated rings. The maximum atomic E-state index is 12.7. The largest absolute Gasteiger partial charge is 0.495 e. The maximum Gasteiger partial charge on any atom is 0.276 e. The molecule has 0 saturated carbocycles. The number of carbonyl (C=O) groups excluding carboxylic acids is 2. The van der Waals surface area contributed by atoms with Gasteiger partial charge in [0.2, 0.25) is 0 Å². The van der Waals surface area contributed by atoms with Gasteiger partial charge in [-0.25, -0.2) is 0 Å². The molecule has 1 amide bonds. The number of rotatable bonds is 7. The van der Waals surface area contributed by atoms with Crippen molar-refractivity contribution in [3.8, 4) is 11.5 Å². The molecule has 0 spiro atoms. The predicted molar refractivity (Wildman–Crippen MR) is 132 cm³/mol. The molecule has 9 heteroatoms. The van der Waals surface area contributed by atoms with E-state index in [4.69, 9.17) is 33.3 Å². The number of methoxy groups -OCH3 is 1. The quantitative estimate of drug-likeness (QED) is 0.262. The zero-order chi connectivity index (χ0) is 23.8. The van der Waals surface area contributed by atoms with Crippen LogP contribution in [0.15, 0.2) is 66.7 Å². The zero-order valence-electron chi connectivity index (χ0n) is 18.0. The lowest BCUT2D eigenvalue weighted by atomic mass is 10.0. The Morgan fingerprint density at radius 3 is 2.42 bits per heavy atom. The molecule has 3 aromatic carbocycles. The molecule has 3 aromatic rings. The van der Waals surface area contributed by atoms with E-state index in [0.29, 0.717) is 33.3 Å². The Morgan fingerprint density at radius 2 is 1.70 bits per heavy atom. The number of ether oxygens (including phenoxy) is 2. The second kappa shape index (κ2) is 11.3. The van der Waals surface area contributed by atoms with Gasteiger partial charge in [-0.3, -0.25) is 20.4 Å². The highest BCUT2D eigenvalue weighted by atomic mass is 35.5. The molecule has 0 saturated heterocycles. The fraction of sp³-hybridized carbons (Fsp3) is 0.125. The number of anilines is 1. The molecule has 7 nitrogen and oxygen atoms in total. The third-order valence-electron chi connectivity index (χ3n) is 4.55. The summed E-state index contributed by atoms with van der Waals surface area (Å²) in [5.41, 5.74) is 7.45. The van der Waals surface area contributed by atoms with Crippen molar-refractivity contribution in [1.29, 1.82) is 0 Å². The number of aryl methyl sites for hydroxylation is 1. The molecule has 0 aliphatic carbocycles. The molecule has 0 unspecified atom stereocenters. The second-order valence-electron chi connectivity index (χ2n) is 6.94. The van der Waals surface area contributed by atoms with Crippen molar-refractivity contribution in [3.05, 3.63) is 88.4 Å². The number of hydrogen-bond donors (Lipinski definition) is 3. The SMILES string of the molecule is COc1ccccc1NC(=S)NNC(=O)COc1ccc(C(=O)c2cccc(Cl)c2)cc1C. The highest BCUT2D eigenvalue weighted by molar-refractivity contribution is 7.80. The summed E-state index contributed by atoms with van der Waals surface area (Å²) < 4.78 is 10.8. The molecule has 170 valence electrons. The van der Waals surface area contributed by atoms with Crippen LogP contribution in [0, 0.1) is 6.92 Å². The standard InChI is InChI=1S/C24H22ClN3O4S/c1-15-12-17(23(30)16-6-5-7-18(25)13-16)10-11-20(15)32-14-22(29)27-28-24(33)26-19-8-3-4-9-21(19)31-2/h3-13H,14H2,1-2H3,(H,27,29)(H2,26,28,33). The van der Waals surface area contributed by atoms with Gasteiger partial charge in [0.25, 0.3) is 5.91 Å². The second-order valence-corrected chi connectivity index (χ2v) is 7.78. The Balaban J connectivity index is 1.50. The number of benzene rings is 3. The van der Waals surface area contributed by atoms with E-state index in [0.717, 1.165) is 5.56 Å². The molecule has 0 heterocycles. The summed E-state index contributed by atoms with van der Waals surface area (Å²) in [6.07, 6.45) is 0. The summed E-state index contributed by atoms with van der Waals surface area (Å²) in [5, 5.41) is 3.62. The van der Waals surface area contributed by atoms with Crippen LogP contribution in [0.2, 0.25) is 5.02 Å². The topological polar surface area (TPSA) is 88.7 Å². The van der Waals surface area contributed by atoms with Crippen LogP contribution in [0.5, 0.6) is 11.5 Å². The number of hydrogen-bond acceptors (Lipinski definition) is 5. The minimum absolute atomic E-state index is 0.148. The van der Waals surface area contributed by atoms with Gasteiger partial charge in [-0.05, 0) is 67.2 Å². The lowest BCUT2D eigenvalue weighted by Crippen LogP contribution is -2.45. The Kier molecular flexibility index (Phi) is 8.23. The van der Waals surface area contributed by atoms with E-state index in [1.165, 1.54) is 0 Å². The van der Waals surface area contributed by atoms with Crippen molar-refractivity contribution >= 4 is 46.3 Å². The summed E-state index contributed by atoms with van der Waals surface area (Å²) in [7, 11) is 1.55. The summed E-state index contributed by atoms with van der Waals surface area (Å²) in [6.45, 7) is 1.55. The molecule has 33 heavy (non-hydrogen) atoms. The molecular formula is C24H22ClN3O4S. The number of para-hydroxylation sites is 2. The van der Waals surface area contributed by atoms with Crippen LogP contribution in [0.3, 0.4) is 0 Å². The Labute approximate surface area is 202 Å². The Morgan fingerprint density at radius 1 is 0.939 bits per heavy atom. The van der Waals surface area contributed by atoms with Gasteiger partial charge in [-0.15, -0.1) is 0 Å². The van der Waals surface area contributed by atoms with Crippen molar-refractivity contribution in [2.24, 2.45) is 0 Å². The van der Waals surface area contributed by atoms with Crippen LogP contribution in [0.4, 0.5) is 5.69 Å². The Bertz CT molecular complexity index is 1190. The summed E-state index contributed by atoms with van der Waals surface area (Å²) in [6, 6.07) is 19.0. The lowest BCUT2D eigenvalue weighted by Gasteiger charge is -2.14. The predicted octanol–water partition coefficient (Wildman–Crippen LogP) is 4.28.